The molecule has 6 nitrogen and oxygen atoms in total. The summed E-state index contributed by atoms with van der Waals surface area (Å²) in [7, 11) is 0. The lowest BCUT2D eigenvalue weighted by Crippen LogP contribution is -2.31. The van der Waals surface area contributed by atoms with E-state index in [0.29, 0.717) is 18.3 Å². The van der Waals surface area contributed by atoms with Crippen molar-refractivity contribution >= 4 is 18.3 Å². The minimum atomic E-state index is -0.270. The molecule has 26 heavy (non-hydrogen) atoms. The van der Waals surface area contributed by atoms with Gasteiger partial charge >= 0.3 is 0 Å². The highest BCUT2D eigenvalue weighted by Gasteiger charge is 2.32. The zero-order chi connectivity index (χ0) is 17.2. The van der Waals surface area contributed by atoms with E-state index in [4.69, 9.17) is 0 Å². The summed E-state index contributed by atoms with van der Waals surface area (Å²) in [6.45, 7) is 2.59. The maximum atomic E-state index is 13.5. The van der Waals surface area contributed by atoms with Crippen molar-refractivity contribution < 1.29 is 9.18 Å². The predicted molar refractivity (Wildman–Crippen MR) is 97.8 cm³/mol. The first kappa shape index (κ1) is 18.8. The molecule has 0 bridgehead atoms. The summed E-state index contributed by atoms with van der Waals surface area (Å²) in [4.78, 5) is 14.7. The summed E-state index contributed by atoms with van der Waals surface area (Å²) >= 11 is 0. The number of rotatable bonds is 3. The average Bonchev–Trinajstić information content (AvgIpc) is 3.32. The maximum Gasteiger partial charge on any atom is 0.276 e. The number of nitrogens with one attached hydrogen (secondary N) is 1. The highest BCUT2D eigenvalue weighted by molar-refractivity contribution is 5.92. The molecular weight excluding hydrogens is 357 g/mol. The van der Waals surface area contributed by atoms with Crippen molar-refractivity contribution in [3.63, 3.8) is 0 Å². The standard InChI is InChI=1S/C18H22FN5O.ClH/c19-14-4-1-3-13(11-14)17-5-2-10-23(17)18(25)16-12-24(22-21-16)15-6-8-20-9-7-15;/h1,3-4,11-12,15,17,20H,2,5-10H2;1H. The largest absolute Gasteiger partial charge is 0.330 e. The summed E-state index contributed by atoms with van der Waals surface area (Å²) in [5, 5.41) is 11.6. The minimum Gasteiger partial charge on any atom is -0.330 e. The Morgan fingerprint density at radius 2 is 2.04 bits per heavy atom. The van der Waals surface area contributed by atoms with E-state index >= 15 is 0 Å². The van der Waals surface area contributed by atoms with Crippen LogP contribution in [0.5, 0.6) is 0 Å². The van der Waals surface area contributed by atoms with Crippen LogP contribution in [-0.4, -0.2) is 45.4 Å². The van der Waals surface area contributed by atoms with Crippen molar-refractivity contribution in [2.24, 2.45) is 0 Å². The molecule has 0 radical (unpaired) electrons. The summed E-state index contributed by atoms with van der Waals surface area (Å²) in [5.41, 5.74) is 1.22. The Kier molecular flexibility index (Phi) is 5.88. The lowest BCUT2D eigenvalue weighted by atomic mass is 10.0. The number of benzene rings is 1. The highest BCUT2D eigenvalue weighted by atomic mass is 35.5. The van der Waals surface area contributed by atoms with Gasteiger partial charge in [0.15, 0.2) is 5.69 Å². The Morgan fingerprint density at radius 1 is 1.23 bits per heavy atom. The molecule has 1 N–H and O–H groups in total. The van der Waals surface area contributed by atoms with Gasteiger partial charge in [-0.3, -0.25) is 4.79 Å². The zero-order valence-corrected chi connectivity index (χ0v) is 15.3. The van der Waals surface area contributed by atoms with E-state index in [9.17, 15) is 9.18 Å². The monoisotopic (exact) mass is 379 g/mol. The summed E-state index contributed by atoms with van der Waals surface area (Å²) < 4.78 is 15.4. The van der Waals surface area contributed by atoms with Crippen molar-refractivity contribution in [3.8, 4) is 0 Å². The van der Waals surface area contributed by atoms with Crippen molar-refractivity contribution in [3.05, 3.63) is 47.5 Å². The molecule has 0 saturated carbocycles. The summed E-state index contributed by atoms with van der Waals surface area (Å²) in [6, 6.07) is 6.72. The number of likely N-dealkylation sites (tertiary alicyclic amines) is 1. The normalized spacial score (nSPS) is 20.8. The molecule has 8 heteroatoms. The van der Waals surface area contributed by atoms with E-state index in [1.165, 1.54) is 12.1 Å². The molecule has 0 spiro atoms. The van der Waals surface area contributed by atoms with Gasteiger partial charge in [0.1, 0.15) is 5.82 Å². The van der Waals surface area contributed by atoms with Gasteiger partial charge in [-0.15, -0.1) is 17.5 Å². The first-order valence-electron chi connectivity index (χ1n) is 8.91. The molecule has 1 amide bonds. The molecule has 1 atom stereocenters. The van der Waals surface area contributed by atoms with Crippen LogP contribution in [0.15, 0.2) is 30.5 Å². The number of aromatic nitrogens is 3. The molecule has 1 aromatic heterocycles. The first-order valence-corrected chi connectivity index (χ1v) is 8.91. The van der Waals surface area contributed by atoms with Gasteiger partial charge in [-0.2, -0.15) is 0 Å². The third-order valence-corrected chi connectivity index (χ3v) is 5.16. The first-order chi connectivity index (χ1) is 12.2. The zero-order valence-electron chi connectivity index (χ0n) is 14.5. The maximum absolute atomic E-state index is 13.5. The molecule has 3 heterocycles. The van der Waals surface area contributed by atoms with Gasteiger partial charge in [0.2, 0.25) is 0 Å². The molecule has 1 aromatic carbocycles. The Balaban J connectivity index is 0.00000196. The van der Waals surface area contributed by atoms with E-state index in [-0.39, 0.29) is 30.2 Å². The Morgan fingerprint density at radius 3 is 2.81 bits per heavy atom. The van der Waals surface area contributed by atoms with Crippen LogP contribution in [0, 0.1) is 5.82 Å². The summed E-state index contributed by atoms with van der Waals surface area (Å²) in [5.74, 6) is -0.388. The van der Waals surface area contributed by atoms with Crippen LogP contribution in [0.1, 0.15) is 53.8 Å². The number of carbonyl (C=O) groups excluding carboxylic acids is 1. The lowest BCUT2D eigenvalue weighted by Gasteiger charge is -2.24. The van der Waals surface area contributed by atoms with E-state index in [2.05, 4.69) is 15.6 Å². The van der Waals surface area contributed by atoms with Crippen LogP contribution in [0.4, 0.5) is 4.39 Å². The molecular formula is C18H23ClFN5O. The molecule has 2 fully saturated rings. The number of hydrogen-bond acceptors (Lipinski definition) is 4. The van der Waals surface area contributed by atoms with E-state index in [1.54, 1.807) is 17.2 Å². The number of carbonyl (C=O) groups is 1. The molecule has 140 valence electrons. The molecule has 2 aromatic rings. The fraction of sp³-hybridized carbons (Fsp3) is 0.500. The van der Waals surface area contributed by atoms with Crippen molar-refractivity contribution in [1.82, 2.24) is 25.2 Å². The number of amides is 1. The van der Waals surface area contributed by atoms with Gasteiger partial charge in [-0.1, -0.05) is 17.3 Å². The second-order valence-corrected chi connectivity index (χ2v) is 6.78. The second kappa shape index (κ2) is 8.14. The van der Waals surface area contributed by atoms with Gasteiger partial charge in [0.05, 0.1) is 18.3 Å². The third kappa shape index (κ3) is 3.73. The Labute approximate surface area is 158 Å². The molecule has 2 aliphatic heterocycles. The average molecular weight is 380 g/mol. The van der Waals surface area contributed by atoms with Crippen LogP contribution in [0.25, 0.3) is 0 Å². The highest BCUT2D eigenvalue weighted by Crippen LogP contribution is 2.33. The van der Waals surface area contributed by atoms with Gasteiger partial charge in [0, 0.05) is 6.54 Å². The van der Waals surface area contributed by atoms with Crippen LogP contribution in [-0.2, 0) is 0 Å². The number of nitrogens with zero attached hydrogens (tertiary/aromatic N) is 4. The van der Waals surface area contributed by atoms with Crippen LogP contribution < -0.4 is 5.32 Å². The predicted octanol–water partition coefficient (Wildman–Crippen LogP) is 2.74. The van der Waals surface area contributed by atoms with Gasteiger partial charge in [0.25, 0.3) is 5.91 Å². The van der Waals surface area contributed by atoms with Crippen molar-refractivity contribution in [1.29, 1.82) is 0 Å². The van der Waals surface area contributed by atoms with E-state index in [1.807, 2.05) is 10.7 Å². The molecule has 4 rings (SSSR count). The van der Waals surface area contributed by atoms with Crippen LogP contribution in [0.3, 0.4) is 0 Å². The molecule has 2 saturated heterocycles. The van der Waals surface area contributed by atoms with Gasteiger partial charge < -0.3 is 10.2 Å². The Bertz CT molecular complexity index is 762. The van der Waals surface area contributed by atoms with Crippen molar-refractivity contribution in [2.75, 3.05) is 19.6 Å². The SMILES string of the molecule is Cl.O=C(c1cn(C2CCNCC2)nn1)N1CCCC1c1cccc(F)c1. The number of hydrogen-bond donors (Lipinski definition) is 1. The topological polar surface area (TPSA) is 63.1 Å². The number of halogens is 2. The van der Waals surface area contributed by atoms with Crippen LogP contribution >= 0.6 is 12.4 Å². The smallest absolute Gasteiger partial charge is 0.276 e. The number of piperidine rings is 1. The quantitative estimate of drug-likeness (QED) is 0.890. The Hall–Kier alpha value is -1.99. The van der Waals surface area contributed by atoms with E-state index < -0.39 is 0 Å². The summed E-state index contributed by atoms with van der Waals surface area (Å²) in [6.07, 6.45) is 5.51. The molecule has 2 aliphatic rings. The van der Waals surface area contributed by atoms with Gasteiger partial charge in [-0.05, 0) is 56.5 Å². The second-order valence-electron chi connectivity index (χ2n) is 6.78. The molecule has 1 unspecified atom stereocenters. The lowest BCUT2D eigenvalue weighted by molar-refractivity contribution is 0.0729. The third-order valence-electron chi connectivity index (χ3n) is 5.16. The van der Waals surface area contributed by atoms with E-state index in [0.717, 1.165) is 44.3 Å². The molecule has 0 aliphatic carbocycles. The fourth-order valence-electron chi connectivity index (χ4n) is 3.84. The fourth-order valence-corrected chi connectivity index (χ4v) is 3.84. The minimum absolute atomic E-state index is 0. The van der Waals surface area contributed by atoms with Gasteiger partial charge in [-0.25, -0.2) is 9.07 Å². The van der Waals surface area contributed by atoms with Crippen LogP contribution in [0.2, 0.25) is 0 Å². The van der Waals surface area contributed by atoms with Crippen molar-refractivity contribution in [2.45, 2.75) is 37.8 Å².